The average molecular weight is 163 g/mol. The molecular formula is C11H17N. The summed E-state index contributed by atoms with van der Waals surface area (Å²) < 4.78 is 0. The highest BCUT2D eigenvalue weighted by molar-refractivity contribution is 5.27. The molecule has 0 spiro atoms. The van der Waals surface area contributed by atoms with Gasteiger partial charge in [-0.2, -0.15) is 0 Å². The topological polar surface area (TPSA) is 12.9 Å². The molecule has 0 saturated heterocycles. The molecule has 12 heavy (non-hydrogen) atoms. The lowest BCUT2D eigenvalue weighted by Crippen LogP contribution is -2.15. The van der Waals surface area contributed by atoms with Gasteiger partial charge in [0.15, 0.2) is 0 Å². The smallest absolute Gasteiger partial charge is 0.0486 e. The molecule has 0 fully saturated rings. The maximum absolute atomic E-state index is 4.45. The van der Waals surface area contributed by atoms with Gasteiger partial charge in [0.2, 0.25) is 0 Å². The Morgan fingerprint density at radius 1 is 1.17 bits per heavy atom. The van der Waals surface area contributed by atoms with E-state index in [1.165, 1.54) is 16.8 Å². The molecule has 0 radical (unpaired) electrons. The Hall–Kier alpha value is -0.850. The lowest BCUT2D eigenvalue weighted by molar-refractivity contribution is 0.564. The summed E-state index contributed by atoms with van der Waals surface area (Å²) in [5.74, 6) is 0. The van der Waals surface area contributed by atoms with Gasteiger partial charge in [0.1, 0.15) is 0 Å². The minimum Gasteiger partial charge on any atom is -0.260 e. The summed E-state index contributed by atoms with van der Waals surface area (Å²) in [5, 5.41) is 0. The monoisotopic (exact) mass is 163 g/mol. The number of aromatic nitrogens is 1. The van der Waals surface area contributed by atoms with E-state index in [9.17, 15) is 0 Å². The summed E-state index contributed by atoms with van der Waals surface area (Å²) in [7, 11) is 0. The Labute approximate surface area is 74.8 Å². The molecule has 66 valence electrons. The van der Waals surface area contributed by atoms with Crippen LogP contribution >= 0.6 is 0 Å². The predicted molar refractivity (Wildman–Crippen MR) is 52.4 cm³/mol. The number of nitrogens with zero attached hydrogens (tertiary/aromatic N) is 1. The molecule has 0 N–H and O–H groups in total. The van der Waals surface area contributed by atoms with Crippen molar-refractivity contribution in [2.45, 2.75) is 40.0 Å². The van der Waals surface area contributed by atoms with Gasteiger partial charge in [0.05, 0.1) is 0 Å². The van der Waals surface area contributed by atoms with Crippen LogP contribution < -0.4 is 0 Å². The van der Waals surface area contributed by atoms with Crippen molar-refractivity contribution in [1.82, 2.24) is 4.98 Å². The van der Waals surface area contributed by atoms with Crippen LogP contribution in [0.5, 0.6) is 0 Å². The first kappa shape index (κ1) is 9.24. The van der Waals surface area contributed by atoms with Gasteiger partial charge in [0, 0.05) is 17.3 Å². The molecule has 1 rings (SSSR count). The first-order valence-corrected chi connectivity index (χ1v) is 4.35. The molecule has 0 unspecified atom stereocenters. The van der Waals surface area contributed by atoms with Crippen molar-refractivity contribution in [2.24, 2.45) is 0 Å². The zero-order chi connectivity index (χ0) is 9.35. The largest absolute Gasteiger partial charge is 0.260 e. The predicted octanol–water partition coefficient (Wildman–Crippen LogP) is 3.00. The third kappa shape index (κ3) is 1.84. The van der Waals surface area contributed by atoms with Crippen molar-refractivity contribution in [3.05, 3.63) is 29.1 Å². The minimum absolute atomic E-state index is 0.164. The Bertz CT molecular complexity index is 282. The summed E-state index contributed by atoms with van der Waals surface area (Å²) in [5.41, 5.74) is 3.90. The van der Waals surface area contributed by atoms with Crippen molar-refractivity contribution >= 4 is 0 Å². The number of rotatable bonds is 0. The minimum atomic E-state index is 0.164. The molecule has 0 aliphatic heterocycles. The van der Waals surface area contributed by atoms with Gasteiger partial charge in [-0.25, -0.2) is 0 Å². The fourth-order valence-corrected chi connectivity index (χ4v) is 1.50. The lowest BCUT2D eigenvalue weighted by atomic mass is 9.88. The number of pyridine rings is 1. The molecule has 0 aromatic carbocycles. The van der Waals surface area contributed by atoms with Gasteiger partial charge >= 0.3 is 0 Å². The second kappa shape index (κ2) is 2.89. The third-order valence-corrected chi connectivity index (χ3v) is 1.93. The van der Waals surface area contributed by atoms with Crippen LogP contribution in [-0.4, -0.2) is 4.98 Å². The van der Waals surface area contributed by atoms with E-state index in [1.54, 1.807) is 0 Å². The van der Waals surface area contributed by atoms with Crippen LogP contribution in [-0.2, 0) is 5.41 Å². The molecule has 1 aromatic heterocycles. The molecular weight excluding hydrogens is 146 g/mol. The van der Waals surface area contributed by atoms with Crippen LogP contribution in [0, 0.1) is 13.8 Å². The van der Waals surface area contributed by atoms with Gasteiger partial charge in [-0.3, -0.25) is 4.98 Å². The summed E-state index contributed by atoms with van der Waals surface area (Å²) in [6.07, 6.45) is 1.94. The van der Waals surface area contributed by atoms with Crippen LogP contribution in [0.2, 0.25) is 0 Å². The van der Waals surface area contributed by atoms with Crippen molar-refractivity contribution < 1.29 is 0 Å². The Balaban J connectivity index is 3.19. The van der Waals surface area contributed by atoms with Gasteiger partial charge < -0.3 is 0 Å². The van der Waals surface area contributed by atoms with Crippen molar-refractivity contribution in [1.29, 1.82) is 0 Å². The molecule has 0 amide bonds. The zero-order valence-corrected chi connectivity index (χ0v) is 8.60. The van der Waals surface area contributed by atoms with Gasteiger partial charge in [-0.15, -0.1) is 0 Å². The van der Waals surface area contributed by atoms with E-state index in [-0.39, 0.29) is 5.41 Å². The Kier molecular flexibility index (Phi) is 2.22. The average Bonchev–Trinajstić information content (AvgIpc) is 1.83. The first-order chi connectivity index (χ1) is 5.41. The van der Waals surface area contributed by atoms with Gasteiger partial charge in [0.25, 0.3) is 0 Å². The van der Waals surface area contributed by atoms with Crippen LogP contribution in [0.4, 0.5) is 0 Å². The Morgan fingerprint density at radius 2 is 1.75 bits per heavy atom. The molecule has 0 atom stereocenters. The van der Waals surface area contributed by atoms with Gasteiger partial charge in [-0.1, -0.05) is 26.8 Å². The van der Waals surface area contributed by atoms with Crippen LogP contribution in [0.3, 0.4) is 0 Å². The molecule has 0 aliphatic rings. The fraction of sp³-hybridized carbons (Fsp3) is 0.545. The van der Waals surface area contributed by atoms with E-state index >= 15 is 0 Å². The highest BCUT2D eigenvalue weighted by Crippen LogP contribution is 2.23. The summed E-state index contributed by atoms with van der Waals surface area (Å²) in [6.45, 7) is 10.8. The van der Waals surface area contributed by atoms with E-state index in [4.69, 9.17) is 0 Å². The van der Waals surface area contributed by atoms with Crippen LogP contribution in [0.15, 0.2) is 12.3 Å². The number of hydrogen-bond acceptors (Lipinski definition) is 1. The maximum Gasteiger partial charge on any atom is 0.0486 e. The van der Waals surface area contributed by atoms with Crippen molar-refractivity contribution in [3.8, 4) is 0 Å². The second-order valence-corrected chi connectivity index (χ2v) is 4.43. The van der Waals surface area contributed by atoms with E-state index in [0.717, 1.165) is 0 Å². The lowest BCUT2D eigenvalue weighted by Gasteiger charge is -2.20. The maximum atomic E-state index is 4.45. The fourth-order valence-electron chi connectivity index (χ4n) is 1.50. The second-order valence-electron chi connectivity index (χ2n) is 4.43. The molecule has 1 heteroatoms. The zero-order valence-electron chi connectivity index (χ0n) is 8.60. The molecule has 1 heterocycles. The molecule has 0 saturated carbocycles. The highest BCUT2D eigenvalue weighted by Gasteiger charge is 2.17. The summed E-state index contributed by atoms with van der Waals surface area (Å²) >= 11 is 0. The highest BCUT2D eigenvalue weighted by atomic mass is 14.7. The number of hydrogen-bond donors (Lipinski definition) is 0. The summed E-state index contributed by atoms with van der Waals surface area (Å²) in [6, 6.07) is 2.19. The van der Waals surface area contributed by atoms with E-state index in [2.05, 4.69) is 45.7 Å². The first-order valence-electron chi connectivity index (χ1n) is 4.35. The molecule has 1 aromatic rings. The number of aryl methyl sites for hydroxylation is 2. The standard InChI is InChI=1S/C11H17N/c1-8-6-9(2)10(12-7-8)11(3,4)5/h6-7H,1-5H3. The van der Waals surface area contributed by atoms with E-state index in [1.807, 2.05) is 6.20 Å². The quantitative estimate of drug-likeness (QED) is 0.573. The molecule has 0 bridgehead atoms. The van der Waals surface area contributed by atoms with E-state index in [0.29, 0.717) is 0 Å². The third-order valence-electron chi connectivity index (χ3n) is 1.93. The molecule has 1 nitrogen and oxygen atoms in total. The molecule has 0 aliphatic carbocycles. The van der Waals surface area contributed by atoms with Crippen LogP contribution in [0.25, 0.3) is 0 Å². The van der Waals surface area contributed by atoms with E-state index < -0.39 is 0 Å². The van der Waals surface area contributed by atoms with Gasteiger partial charge in [-0.05, 0) is 25.0 Å². The van der Waals surface area contributed by atoms with Crippen molar-refractivity contribution in [2.75, 3.05) is 0 Å². The SMILES string of the molecule is Cc1cnc(C(C)(C)C)c(C)c1. The van der Waals surface area contributed by atoms with Crippen LogP contribution in [0.1, 0.15) is 37.6 Å². The van der Waals surface area contributed by atoms with Crippen molar-refractivity contribution in [3.63, 3.8) is 0 Å². The normalized spacial score (nSPS) is 11.8. The Morgan fingerprint density at radius 3 is 2.17 bits per heavy atom. The summed E-state index contributed by atoms with van der Waals surface area (Å²) in [4.78, 5) is 4.45.